The fraction of sp³-hybridized carbons (Fsp3) is 0.258. The normalized spacial score (nSPS) is 13.8. The molecule has 1 amide bonds. The zero-order valence-electron chi connectivity index (χ0n) is 24.6. The Bertz CT molecular complexity index is 1800. The van der Waals surface area contributed by atoms with E-state index in [0.29, 0.717) is 0 Å². The number of halogens is 6. The van der Waals surface area contributed by atoms with E-state index in [1.165, 1.54) is 73.8 Å². The molecule has 9 nitrogen and oxygen atoms in total. The number of alkyl halides is 5. The number of aromatic nitrogens is 2. The third-order valence-corrected chi connectivity index (χ3v) is 6.86. The van der Waals surface area contributed by atoms with Crippen LogP contribution in [0.5, 0.6) is 17.2 Å². The second kappa shape index (κ2) is 11.8. The van der Waals surface area contributed by atoms with Gasteiger partial charge in [0.25, 0.3) is 5.91 Å². The van der Waals surface area contributed by atoms with Crippen LogP contribution in [0.2, 0.25) is 5.02 Å². The molecule has 2 heterocycles. The topological polar surface area (TPSA) is 92.1 Å². The fourth-order valence-corrected chi connectivity index (χ4v) is 4.64. The van der Waals surface area contributed by atoms with Crippen molar-refractivity contribution in [2.45, 2.75) is 45.5 Å². The Hall–Kier alpha value is -4.85. The zero-order valence-corrected chi connectivity index (χ0v) is 25.4. The quantitative estimate of drug-likeness (QED) is 0.148. The lowest BCUT2D eigenvalue weighted by Gasteiger charge is -2.19. The molecule has 3 aromatic carbocycles. The van der Waals surface area contributed by atoms with Gasteiger partial charge in [-0.2, -0.15) is 18.3 Å². The van der Waals surface area contributed by atoms with Crippen molar-refractivity contribution in [2.24, 2.45) is 0 Å². The number of hydrogen-bond donors (Lipinski definition) is 0. The molecule has 0 fully saturated rings. The number of carbonyl (C=O) groups is 2. The molecule has 0 atom stereocenters. The summed E-state index contributed by atoms with van der Waals surface area (Å²) in [5.74, 6) is -1.44. The third kappa shape index (κ3) is 7.01. The van der Waals surface area contributed by atoms with Gasteiger partial charge in [-0.15, -0.1) is 8.78 Å². The van der Waals surface area contributed by atoms with Crippen LogP contribution in [-0.4, -0.2) is 40.6 Å². The van der Waals surface area contributed by atoms with Crippen LogP contribution in [-0.2, 0) is 17.5 Å². The van der Waals surface area contributed by atoms with Crippen molar-refractivity contribution in [3.8, 4) is 22.9 Å². The summed E-state index contributed by atoms with van der Waals surface area (Å²) < 4.78 is 89.1. The van der Waals surface area contributed by atoms with E-state index in [1.54, 1.807) is 20.8 Å². The number of carbonyl (C=O) groups excluding carboxylic acids is 2. The van der Waals surface area contributed by atoms with Crippen LogP contribution in [0.1, 0.15) is 52.9 Å². The van der Waals surface area contributed by atoms with Crippen LogP contribution in [0.3, 0.4) is 0 Å². The number of ether oxygens (including phenoxy) is 4. The van der Waals surface area contributed by atoms with Crippen LogP contribution in [0.25, 0.3) is 5.69 Å². The van der Waals surface area contributed by atoms with Gasteiger partial charge >= 0.3 is 18.4 Å². The van der Waals surface area contributed by atoms with Gasteiger partial charge < -0.3 is 23.8 Å². The van der Waals surface area contributed by atoms with Crippen LogP contribution >= 0.6 is 11.6 Å². The summed E-state index contributed by atoms with van der Waals surface area (Å²) in [5, 5.41) is 2.98. The minimum Gasteiger partial charge on any atom is -0.487 e. The monoisotopic (exact) mass is 665 g/mol. The first-order valence-electron chi connectivity index (χ1n) is 13.5. The van der Waals surface area contributed by atoms with E-state index in [2.05, 4.69) is 14.6 Å². The number of nitrogens with zero attached hydrogens (tertiary/aromatic N) is 3. The fourth-order valence-electron chi connectivity index (χ4n) is 4.36. The molecule has 1 aliphatic rings. The average Bonchev–Trinajstić information content (AvgIpc) is 3.48. The van der Waals surface area contributed by atoms with Crippen molar-refractivity contribution < 1.29 is 50.5 Å². The van der Waals surface area contributed by atoms with Gasteiger partial charge in [0, 0.05) is 24.4 Å². The minimum atomic E-state index is -4.91. The van der Waals surface area contributed by atoms with Gasteiger partial charge in [0.1, 0.15) is 23.7 Å². The smallest absolute Gasteiger partial charge is 0.487 e. The van der Waals surface area contributed by atoms with Gasteiger partial charge in [0.2, 0.25) is 0 Å². The van der Waals surface area contributed by atoms with E-state index in [9.17, 15) is 31.5 Å². The van der Waals surface area contributed by atoms with E-state index >= 15 is 0 Å². The standard InChI is InChI=1S/C31H25ClF5N3O6/c1-29(2,3)46-28(42)17-8-11-21(12-9-17)43-16-22-25(32)26(30(33,34)35)38-40(22)20-7-5-6-18(14-20)27(41)39(4)19-10-13-23-24(15-19)45-31(36,37)44-23/h5-15H,16H2,1-4H3. The van der Waals surface area contributed by atoms with Crippen molar-refractivity contribution in [1.29, 1.82) is 0 Å². The number of fused-ring (bicyclic) bond motifs is 1. The highest BCUT2D eigenvalue weighted by atomic mass is 35.5. The molecule has 5 rings (SSSR count). The van der Waals surface area contributed by atoms with Crippen molar-refractivity contribution in [3.63, 3.8) is 0 Å². The maximum atomic E-state index is 13.8. The molecule has 242 valence electrons. The molecular formula is C31H25ClF5N3O6. The summed E-state index contributed by atoms with van der Waals surface area (Å²) in [4.78, 5) is 26.8. The molecule has 0 saturated heterocycles. The number of anilines is 1. The Balaban J connectivity index is 1.40. The van der Waals surface area contributed by atoms with Gasteiger partial charge in [0.15, 0.2) is 17.2 Å². The van der Waals surface area contributed by atoms with Crippen molar-refractivity contribution in [1.82, 2.24) is 9.78 Å². The van der Waals surface area contributed by atoms with Crippen LogP contribution in [0, 0.1) is 0 Å². The highest BCUT2D eigenvalue weighted by molar-refractivity contribution is 6.32. The van der Waals surface area contributed by atoms with Crippen LogP contribution in [0.15, 0.2) is 66.7 Å². The summed E-state index contributed by atoms with van der Waals surface area (Å²) in [5.41, 5.74) is -1.72. The zero-order chi connectivity index (χ0) is 33.6. The Kier molecular flexibility index (Phi) is 8.36. The van der Waals surface area contributed by atoms with Gasteiger partial charge in [0.05, 0.1) is 16.3 Å². The first kappa shape index (κ1) is 32.5. The molecule has 0 unspecified atom stereocenters. The number of esters is 1. The summed E-state index contributed by atoms with van der Waals surface area (Å²) in [7, 11) is 1.38. The molecule has 46 heavy (non-hydrogen) atoms. The lowest BCUT2D eigenvalue weighted by molar-refractivity contribution is -0.286. The maximum absolute atomic E-state index is 13.8. The largest absolute Gasteiger partial charge is 0.586 e. The molecule has 0 aliphatic carbocycles. The van der Waals surface area contributed by atoms with Crippen molar-refractivity contribution in [2.75, 3.05) is 11.9 Å². The molecule has 0 bridgehead atoms. The van der Waals surface area contributed by atoms with E-state index in [1.807, 2.05) is 0 Å². The molecule has 0 N–H and O–H groups in total. The Morgan fingerprint density at radius 2 is 1.63 bits per heavy atom. The Labute approximate surface area is 264 Å². The predicted octanol–water partition coefficient (Wildman–Crippen LogP) is 7.68. The minimum absolute atomic E-state index is 0.0350. The maximum Gasteiger partial charge on any atom is 0.586 e. The SMILES string of the molecule is CN(C(=O)c1cccc(-n2nc(C(F)(F)F)c(Cl)c2COc2ccc(C(=O)OC(C)(C)C)cc2)c1)c1ccc2c(c1)OC(F)(F)O2. The molecule has 0 radical (unpaired) electrons. The van der Waals surface area contributed by atoms with Crippen molar-refractivity contribution in [3.05, 3.63) is 94.3 Å². The first-order valence-corrected chi connectivity index (χ1v) is 13.9. The van der Waals surface area contributed by atoms with Gasteiger partial charge in [-0.3, -0.25) is 4.79 Å². The Morgan fingerprint density at radius 3 is 2.28 bits per heavy atom. The number of benzene rings is 3. The third-order valence-electron chi connectivity index (χ3n) is 6.46. The molecule has 0 spiro atoms. The van der Waals surface area contributed by atoms with E-state index in [0.717, 1.165) is 9.58 Å². The molecule has 1 aromatic heterocycles. The average molecular weight is 666 g/mol. The number of hydrogen-bond acceptors (Lipinski definition) is 7. The highest BCUT2D eigenvalue weighted by Crippen LogP contribution is 2.43. The van der Waals surface area contributed by atoms with Crippen LogP contribution in [0.4, 0.5) is 27.6 Å². The number of rotatable bonds is 7. The van der Waals surface area contributed by atoms with E-state index < -0.39 is 47.3 Å². The Morgan fingerprint density at radius 1 is 0.957 bits per heavy atom. The predicted molar refractivity (Wildman–Crippen MR) is 155 cm³/mol. The summed E-state index contributed by atoms with van der Waals surface area (Å²) in [6.07, 6.45) is -8.75. The van der Waals surface area contributed by atoms with Crippen molar-refractivity contribution >= 4 is 29.2 Å². The summed E-state index contributed by atoms with van der Waals surface area (Å²) in [6.45, 7) is 4.70. The lowest BCUT2D eigenvalue weighted by Crippen LogP contribution is -2.26. The highest BCUT2D eigenvalue weighted by Gasteiger charge is 2.43. The number of amides is 1. The second-order valence-electron chi connectivity index (χ2n) is 11.0. The van der Waals surface area contributed by atoms with Gasteiger partial charge in [-0.25, -0.2) is 9.48 Å². The van der Waals surface area contributed by atoms with Gasteiger partial charge in [-0.05, 0) is 75.4 Å². The van der Waals surface area contributed by atoms with Crippen LogP contribution < -0.4 is 19.1 Å². The van der Waals surface area contributed by atoms with E-state index in [4.69, 9.17) is 21.1 Å². The molecular weight excluding hydrogens is 641 g/mol. The molecule has 4 aromatic rings. The lowest BCUT2D eigenvalue weighted by atomic mass is 10.1. The first-order chi connectivity index (χ1) is 21.4. The summed E-state index contributed by atoms with van der Waals surface area (Å²) in [6, 6.07) is 15.1. The summed E-state index contributed by atoms with van der Waals surface area (Å²) >= 11 is 6.16. The molecule has 15 heteroatoms. The molecule has 1 aliphatic heterocycles. The molecule has 0 saturated carbocycles. The van der Waals surface area contributed by atoms with E-state index in [-0.39, 0.29) is 45.4 Å². The second-order valence-corrected chi connectivity index (χ2v) is 11.4. The van der Waals surface area contributed by atoms with Gasteiger partial charge in [-0.1, -0.05) is 17.7 Å².